The van der Waals surface area contributed by atoms with Crippen molar-refractivity contribution in [2.24, 2.45) is 0 Å². The lowest BCUT2D eigenvalue weighted by atomic mass is 10.0. The summed E-state index contributed by atoms with van der Waals surface area (Å²) >= 11 is 0. The van der Waals surface area contributed by atoms with Crippen molar-refractivity contribution >= 4 is 5.69 Å². The van der Waals surface area contributed by atoms with Crippen molar-refractivity contribution in [1.29, 1.82) is 0 Å². The summed E-state index contributed by atoms with van der Waals surface area (Å²) in [4.78, 5) is 4.41. The van der Waals surface area contributed by atoms with E-state index in [-0.39, 0.29) is 0 Å². The van der Waals surface area contributed by atoms with Crippen LogP contribution in [0.4, 0.5) is 5.69 Å². The Hall–Kier alpha value is -1.81. The monoisotopic (exact) mass is 283 g/mol. The van der Waals surface area contributed by atoms with Gasteiger partial charge in [0.2, 0.25) is 0 Å². The van der Waals surface area contributed by atoms with Gasteiger partial charge in [-0.3, -0.25) is 0 Å². The number of ether oxygens (including phenoxy) is 1. The zero-order chi connectivity index (χ0) is 14.2. The van der Waals surface area contributed by atoms with E-state index in [0.29, 0.717) is 12.1 Å². The number of rotatable bonds is 3. The standard InChI is InChI=1S/C17H21N3O/c1-21-14-6-5-13(9-14)20-11-18-10-16(20)15-4-2-3-12-7-8-19-17(12)15/h2-4,10-11,13-14,19H,5-9H2,1H3. The molecule has 2 aromatic rings. The molecule has 2 heterocycles. The molecule has 1 fully saturated rings. The number of methoxy groups -OCH3 is 1. The molecule has 110 valence electrons. The first-order valence-electron chi connectivity index (χ1n) is 7.77. The predicted molar refractivity (Wildman–Crippen MR) is 83.5 cm³/mol. The van der Waals surface area contributed by atoms with Crippen molar-refractivity contribution in [3.8, 4) is 11.3 Å². The minimum absolute atomic E-state index is 0.393. The van der Waals surface area contributed by atoms with Gasteiger partial charge in [0.15, 0.2) is 0 Å². The van der Waals surface area contributed by atoms with E-state index in [9.17, 15) is 0 Å². The summed E-state index contributed by atoms with van der Waals surface area (Å²) < 4.78 is 7.85. The summed E-state index contributed by atoms with van der Waals surface area (Å²) in [6.07, 6.45) is 8.88. The second-order valence-corrected chi connectivity index (χ2v) is 6.03. The Balaban J connectivity index is 1.72. The minimum atomic E-state index is 0.393. The summed E-state index contributed by atoms with van der Waals surface area (Å²) in [5, 5.41) is 3.53. The van der Waals surface area contributed by atoms with E-state index in [2.05, 4.69) is 33.1 Å². The number of nitrogens with zero attached hydrogens (tertiary/aromatic N) is 2. The first-order valence-corrected chi connectivity index (χ1v) is 7.77. The number of imidazole rings is 1. The van der Waals surface area contributed by atoms with Gasteiger partial charge in [0.05, 0.1) is 24.3 Å². The van der Waals surface area contributed by atoms with E-state index in [0.717, 1.165) is 25.8 Å². The van der Waals surface area contributed by atoms with Crippen molar-refractivity contribution in [2.45, 2.75) is 37.8 Å². The van der Waals surface area contributed by atoms with Gasteiger partial charge in [-0.1, -0.05) is 18.2 Å². The SMILES string of the molecule is COC1CCC(n2cncc2-c2cccc3c2NCC3)C1. The van der Waals surface area contributed by atoms with Gasteiger partial charge in [0.1, 0.15) is 0 Å². The number of para-hydroxylation sites is 1. The summed E-state index contributed by atoms with van der Waals surface area (Å²) in [7, 11) is 1.82. The van der Waals surface area contributed by atoms with E-state index in [1.807, 2.05) is 19.6 Å². The van der Waals surface area contributed by atoms with E-state index >= 15 is 0 Å². The van der Waals surface area contributed by atoms with E-state index in [4.69, 9.17) is 4.74 Å². The normalized spacial score (nSPS) is 24.0. The van der Waals surface area contributed by atoms with Gasteiger partial charge in [-0.2, -0.15) is 0 Å². The van der Waals surface area contributed by atoms with Crippen LogP contribution in [0, 0.1) is 0 Å². The number of aromatic nitrogens is 2. The molecular weight excluding hydrogens is 262 g/mol. The van der Waals surface area contributed by atoms with Gasteiger partial charge in [-0.15, -0.1) is 0 Å². The van der Waals surface area contributed by atoms with Gasteiger partial charge in [-0.25, -0.2) is 4.98 Å². The Morgan fingerprint density at radius 1 is 1.33 bits per heavy atom. The summed E-state index contributed by atoms with van der Waals surface area (Å²) in [5.74, 6) is 0. The fraction of sp³-hybridized carbons (Fsp3) is 0.471. The smallest absolute Gasteiger partial charge is 0.0953 e. The molecule has 0 bridgehead atoms. The van der Waals surface area contributed by atoms with Gasteiger partial charge >= 0.3 is 0 Å². The lowest BCUT2D eigenvalue weighted by Crippen LogP contribution is -2.09. The molecule has 2 atom stereocenters. The average molecular weight is 283 g/mol. The van der Waals surface area contributed by atoms with Gasteiger partial charge in [0.25, 0.3) is 0 Å². The van der Waals surface area contributed by atoms with Gasteiger partial charge in [0, 0.05) is 30.9 Å². The van der Waals surface area contributed by atoms with Crippen LogP contribution in [0.5, 0.6) is 0 Å². The molecule has 2 aliphatic rings. The summed E-state index contributed by atoms with van der Waals surface area (Å²) in [6, 6.07) is 7.08. The van der Waals surface area contributed by atoms with Crippen molar-refractivity contribution < 1.29 is 4.74 Å². The molecule has 4 rings (SSSR count). The van der Waals surface area contributed by atoms with Crippen molar-refractivity contribution in [3.63, 3.8) is 0 Å². The number of benzene rings is 1. The largest absolute Gasteiger partial charge is 0.384 e. The van der Waals surface area contributed by atoms with Crippen LogP contribution in [0.1, 0.15) is 30.9 Å². The molecule has 0 saturated heterocycles. The van der Waals surface area contributed by atoms with E-state index < -0.39 is 0 Å². The maximum Gasteiger partial charge on any atom is 0.0953 e. The number of nitrogens with one attached hydrogen (secondary N) is 1. The highest BCUT2D eigenvalue weighted by atomic mass is 16.5. The molecule has 1 aliphatic heterocycles. The van der Waals surface area contributed by atoms with Crippen LogP contribution in [0.25, 0.3) is 11.3 Å². The fourth-order valence-corrected chi connectivity index (χ4v) is 3.74. The number of hydrogen-bond acceptors (Lipinski definition) is 3. The molecule has 0 radical (unpaired) electrons. The first kappa shape index (κ1) is 12.9. The quantitative estimate of drug-likeness (QED) is 0.939. The third-order valence-electron chi connectivity index (χ3n) is 4.87. The number of hydrogen-bond donors (Lipinski definition) is 1. The molecule has 0 spiro atoms. The highest BCUT2D eigenvalue weighted by Crippen LogP contribution is 2.38. The molecule has 2 unspecified atom stereocenters. The molecule has 4 heteroatoms. The van der Waals surface area contributed by atoms with Crippen LogP contribution in [0.15, 0.2) is 30.7 Å². The predicted octanol–water partition coefficient (Wildman–Crippen LogP) is 3.26. The molecule has 1 saturated carbocycles. The molecular formula is C17H21N3O. The summed E-state index contributed by atoms with van der Waals surface area (Å²) in [5.41, 5.74) is 5.22. The molecule has 21 heavy (non-hydrogen) atoms. The van der Waals surface area contributed by atoms with Crippen molar-refractivity contribution in [3.05, 3.63) is 36.3 Å². The molecule has 1 aromatic heterocycles. The van der Waals surface area contributed by atoms with E-state index in [1.54, 1.807) is 0 Å². The Morgan fingerprint density at radius 2 is 2.29 bits per heavy atom. The van der Waals surface area contributed by atoms with Crippen molar-refractivity contribution in [2.75, 3.05) is 19.0 Å². The van der Waals surface area contributed by atoms with E-state index in [1.165, 1.54) is 28.9 Å². The molecule has 1 aliphatic carbocycles. The Labute approximate surface area is 125 Å². The van der Waals surface area contributed by atoms with Crippen LogP contribution >= 0.6 is 0 Å². The highest BCUT2D eigenvalue weighted by Gasteiger charge is 2.28. The van der Waals surface area contributed by atoms with Crippen molar-refractivity contribution in [1.82, 2.24) is 9.55 Å². The zero-order valence-corrected chi connectivity index (χ0v) is 12.4. The van der Waals surface area contributed by atoms with Crippen LogP contribution in [-0.4, -0.2) is 29.3 Å². The molecule has 1 N–H and O–H groups in total. The minimum Gasteiger partial charge on any atom is -0.384 e. The third kappa shape index (κ3) is 2.14. The second-order valence-electron chi connectivity index (χ2n) is 6.03. The third-order valence-corrected chi connectivity index (χ3v) is 4.87. The molecule has 4 nitrogen and oxygen atoms in total. The van der Waals surface area contributed by atoms with Crippen LogP contribution in [0.2, 0.25) is 0 Å². The van der Waals surface area contributed by atoms with Gasteiger partial charge < -0.3 is 14.6 Å². The topological polar surface area (TPSA) is 39.1 Å². The highest BCUT2D eigenvalue weighted by molar-refractivity contribution is 5.79. The Bertz CT molecular complexity index is 649. The Morgan fingerprint density at radius 3 is 3.14 bits per heavy atom. The fourth-order valence-electron chi connectivity index (χ4n) is 3.74. The second kappa shape index (κ2) is 5.19. The zero-order valence-electron chi connectivity index (χ0n) is 12.4. The van der Waals surface area contributed by atoms with Gasteiger partial charge in [-0.05, 0) is 31.2 Å². The molecule has 0 amide bonds. The van der Waals surface area contributed by atoms with Crippen LogP contribution in [0.3, 0.4) is 0 Å². The molecule has 1 aromatic carbocycles. The van der Waals surface area contributed by atoms with Crippen LogP contribution < -0.4 is 5.32 Å². The average Bonchev–Trinajstić information content (AvgIpc) is 3.25. The number of fused-ring (bicyclic) bond motifs is 1. The Kier molecular flexibility index (Phi) is 3.19. The maximum atomic E-state index is 5.51. The number of anilines is 1. The lowest BCUT2D eigenvalue weighted by molar-refractivity contribution is 0.106. The lowest BCUT2D eigenvalue weighted by Gasteiger charge is -2.17. The maximum absolute atomic E-state index is 5.51. The summed E-state index contributed by atoms with van der Waals surface area (Å²) in [6.45, 7) is 1.04. The van der Waals surface area contributed by atoms with Crippen LogP contribution in [-0.2, 0) is 11.2 Å². The first-order chi connectivity index (χ1) is 10.4.